The molecule has 2 aliphatic rings. The van der Waals surface area contributed by atoms with Crippen LogP contribution in [0.2, 0.25) is 0 Å². The van der Waals surface area contributed by atoms with Crippen LogP contribution in [0.15, 0.2) is 42.5 Å². The van der Waals surface area contributed by atoms with Crippen molar-refractivity contribution in [3.05, 3.63) is 65.0 Å². The summed E-state index contributed by atoms with van der Waals surface area (Å²) in [5, 5.41) is 9.38. The van der Waals surface area contributed by atoms with Crippen molar-refractivity contribution in [1.82, 2.24) is 14.8 Å². The predicted octanol–water partition coefficient (Wildman–Crippen LogP) is 3.69. The van der Waals surface area contributed by atoms with Gasteiger partial charge in [-0.15, -0.1) is 0 Å². The van der Waals surface area contributed by atoms with Crippen LogP contribution in [0.25, 0.3) is 0 Å². The van der Waals surface area contributed by atoms with Crippen molar-refractivity contribution in [2.45, 2.75) is 51.5 Å². The lowest BCUT2D eigenvalue weighted by molar-refractivity contribution is -0.0523. The van der Waals surface area contributed by atoms with Crippen LogP contribution in [0, 0.1) is 11.3 Å². The van der Waals surface area contributed by atoms with E-state index < -0.39 is 5.60 Å². The summed E-state index contributed by atoms with van der Waals surface area (Å²) in [5.41, 5.74) is 2.91. The lowest BCUT2D eigenvalue weighted by Gasteiger charge is -2.43. The molecule has 2 aromatic rings. The molecule has 0 spiro atoms. The van der Waals surface area contributed by atoms with Gasteiger partial charge >= 0.3 is 6.09 Å². The standard InChI is InChI=1S/C25H30N4O3/c1-25(2,3)32-24(30)29-15-19-9-10-20(14-26)27-23(19)22(17-29)28-11-12-31-21(16-28)13-18-7-5-4-6-8-18/h4-10,21-22H,11-13,15-17H2,1-3H3. The Bertz CT molecular complexity index is 996. The maximum absolute atomic E-state index is 12.9. The Morgan fingerprint density at radius 3 is 2.72 bits per heavy atom. The van der Waals surface area contributed by atoms with Crippen LogP contribution in [0.1, 0.15) is 49.3 Å². The Balaban J connectivity index is 1.57. The van der Waals surface area contributed by atoms with Crippen LogP contribution in [-0.4, -0.2) is 58.8 Å². The van der Waals surface area contributed by atoms with Crippen LogP contribution in [0.5, 0.6) is 0 Å². The zero-order valence-electron chi connectivity index (χ0n) is 19.0. The number of amides is 1. The SMILES string of the molecule is CC(C)(C)OC(=O)N1Cc2ccc(C#N)nc2C(N2CCOC(Cc3ccccc3)C2)C1. The van der Waals surface area contributed by atoms with Crippen molar-refractivity contribution in [2.24, 2.45) is 0 Å². The van der Waals surface area contributed by atoms with E-state index in [1.165, 1.54) is 5.56 Å². The Morgan fingerprint density at radius 2 is 2.00 bits per heavy atom. The molecule has 2 unspecified atom stereocenters. The molecule has 7 heteroatoms. The molecule has 0 saturated carbocycles. The van der Waals surface area contributed by atoms with Gasteiger partial charge in [0.05, 0.1) is 31.0 Å². The first-order valence-electron chi connectivity index (χ1n) is 11.1. The third-order valence-corrected chi connectivity index (χ3v) is 5.77. The monoisotopic (exact) mass is 434 g/mol. The quantitative estimate of drug-likeness (QED) is 0.733. The van der Waals surface area contributed by atoms with Crippen molar-refractivity contribution < 1.29 is 14.3 Å². The molecule has 32 heavy (non-hydrogen) atoms. The number of hydrogen-bond acceptors (Lipinski definition) is 6. The summed E-state index contributed by atoms with van der Waals surface area (Å²) in [6, 6.07) is 16.0. The number of rotatable bonds is 3. The van der Waals surface area contributed by atoms with E-state index in [0.717, 1.165) is 30.8 Å². The fourth-order valence-corrected chi connectivity index (χ4v) is 4.33. The second kappa shape index (κ2) is 9.27. The molecule has 168 valence electrons. The third kappa shape index (κ3) is 5.26. The lowest BCUT2D eigenvalue weighted by atomic mass is 9.97. The van der Waals surface area contributed by atoms with Gasteiger partial charge in [-0.25, -0.2) is 9.78 Å². The van der Waals surface area contributed by atoms with E-state index >= 15 is 0 Å². The molecular weight excluding hydrogens is 404 g/mol. The summed E-state index contributed by atoms with van der Waals surface area (Å²) in [4.78, 5) is 21.6. The first-order valence-corrected chi connectivity index (χ1v) is 11.1. The number of fused-ring (bicyclic) bond motifs is 1. The summed E-state index contributed by atoms with van der Waals surface area (Å²) < 4.78 is 11.7. The molecule has 0 radical (unpaired) electrons. The minimum absolute atomic E-state index is 0.0608. The van der Waals surface area contributed by atoms with Gasteiger partial charge in [-0.1, -0.05) is 36.4 Å². The molecule has 3 heterocycles. The number of carbonyl (C=O) groups is 1. The van der Waals surface area contributed by atoms with Gasteiger partial charge in [0.15, 0.2) is 0 Å². The number of nitriles is 1. The summed E-state index contributed by atoms with van der Waals surface area (Å²) in [5.74, 6) is 0. The minimum atomic E-state index is -0.560. The van der Waals surface area contributed by atoms with Crippen molar-refractivity contribution >= 4 is 6.09 Å². The van der Waals surface area contributed by atoms with Gasteiger partial charge in [0, 0.05) is 19.6 Å². The average molecular weight is 435 g/mol. The molecule has 1 amide bonds. The number of ether oxygens (including phenoxy) is 2. The van der Waals surface area contributed by atoms with Crippen molar-refractivity contribution in [3.63, 3.8) is 0 Å². The smallest absolute Gasteiger partial charge is 0.410 e. The van der Waals surface area contributed by atoms with Crippen molar-refractivity contribution in [3.8, 4) is 6.07 Å². The highest BCUT2D eigenvalue weighted by molar-refractivity contribution is 5.68. The largest absolute Gasteiger partial charge is 0.444 e. The molecule has 4 rings (SSSR count). The maximum Gasteiger partial charge on any atom is 0.410 e. The lowest BCUT2D eigenvalue weighted by Crippen LogP contribution is -2.51. The molecular formula is C25H30N4O3. The van der Waals surface area contributed by atoms with Gasteiger partial charge in [0.1, 0.15) is 17.4 Å². The van der Waals surface area contributed by atoms with Gasteiger partial charge < -0.3 is 14.4 Å². The summed E-state index contributed by atoms with van der Waals surface area (Å²) in [7, 11) is 0. The number of morpholine rings is 1. The van der Waals surface area contributed by atoms with E-state index in [1.807, 2.05) is 45.0 Å². The van der Waals surface area contributed by atoms with E-state index in [2.05, 4.69) is 28.1 Å². The second-order valence-corrected chi connectivity index (χ2v) is 9.41. The summed E-state index contributed by atoms with van der Waals surface area (Å²) >= 11 is 0. The topological polar surface area (TPSA) is 78.7 Å². The fraction of sp³-hybridized carbons (Fsp3) is 0.480. The van der Waals surface area contributed by atoms with Crippen LogP contribution in [0.4, 0.5) is 4.79 Å². The van der Waals surface area contributed by atoms with Crippen molar-refractivity contribution in [1.29, 1.82) is 5.26 Å². The van der Waals surface area contributed by atoms with Crippen molar-refractivity contribution in [2.75, 3.05) is 26.2 Å². The highest BCUT2D eigenvalue weighted by atomic mass is 16.6. The first-order chi connectivity index (χ1) is 15.3. The Kier molecular flexibility index (Phi) is 6.45. The number of benzene rings is 1. The number of pyridine rings is 1. The van der Waals surface area contributed by atoms with E-state index in [0.29, 0.717) is 25.4 Å². The minimum Gasteiger partial charge on any atom is -0.444 e. The molecule has 1 fully saturated rings. The molecule has 0 aliphatic carbocycles. The van der Waals surface area contributed by atoms with Crippen LogP contribution in [-0.2, 0) is 22.4 Å². The Hall–Kier alpha value is -2.95. The van der Waals surface area contributed by atoms with E-state index in [-0.39, 0.29) is 18.2 Å². The van der Waals surface area contributed by atoms with Gasteiger partial charge in [-0.2, -0.15) is 5.26 Å². The molecule has 1 aromatic carbocycles. The molecule has 2 aliphatic heterocycles. The number of carbonyl (C=O) groups excluding carboxylic acids is 1. The molecule has 2 atom stereocenters. The molecule has 7 nitrogen and oxygen atoms in total. The number of nitrogens with zero attached hydrogens (tertiary/aromatic N) is 4. The van der Waals surface area contributed by atoms with Gasteiger partial charge in [0.2, 0.25) is 0 Å². The predicted molar refractivity (Wildman–Crippen MR) is 120 cm³/mol. The Labute approximate surface area is 189 Å². The van der Waals surface area contributed by atoms with E-state index in [1.54, 1.807) is 11.0 Å². The third-order valence-electron chi connectivity index (χ3n) is 5.77. The zero-order chi connectivity index (χ0) is 22.7. The van der Waals surface area contributed by atoms with Gasteiger partial charge in [-0.3, -0.25) is 4.90 Å². The summed E-state index contributed by atoms with van der Waals surface area (Å²) in [6.07, 6.45) is 0.565. The van der Waals surface area contributed by atoms with Crippen LogP contribution < -0.4 is 0 Å². The van der Waals surface area contributed by atoms with Gasteiger partial charge in [-0.05, 0) is 44.4 Å². The van der Waals surface area contributed by atoms with E-state index in [4.69, 9.17) is 9.47 Å². The zero-order valence-corrected chi connectivity index (χ0v) is 19.0. The van der Waals surface area contributed by atoms with Crippen LogP contribution >= 0.6 is 0 Å². The molecule has 1 aromatic heterocycles. The molecule has 1 saturated heterocycles. The summed E-state index contributed by atoms with van der Waals surface area (Å²) in [6.45, 7) is 8.62. The Morgan fingerprint density at radius 1 is 1.22 bits per heavy atom. The second-order valence-electron chi connectivity index (χ2n) is 9.41. The normalized spacial score (nSPS) is 21.5. The number of hydrogen-bond donors (Lipinski definition) is 0. The van der Waals surface area contributed by atoms with Crippen LogP contribution in [0.3, 0.4) is 0 Å². The molecule has 0 N–H and O–H groups in total. The van der Waals surface area contributed by atoms with E-state index in [9.17, 15) is 10.1 Å². The highest BCUT2D eigenvalue weighted by Gasteiger charge is 2.37. The first kappa shape index (κ1) is 22.3. The maximum atomic E-state index is 12.9. The fourth-order valence-electron chi connectivity index (χ4n) is 4.33. The average Bonchev–Trinajstić information content (AvgIpc) is 2.77. The number of aromatic nitrogens is 1. The molecule has 0 bridgehead atoms. The highest BCUT2D eigenvalue weighted by Crippen LogP contribution is 2.32. The van der Waals surface area contributed by atoms with Gasteiger partial charge in [0.25, 0.3) is 0 Å².